The van der Waals surface area contributed by atoms with Crippen molar-refractivity contribution in [2.24, 2.45) is 23.3 Å². The monoisotopic (exact) mass is 1200 g/mol. The van der Waals surface area contributed by atoms with Crippen LogP contribution in [0.25, 0.3) is 0 Å². The van der Waals surface area contributed by atoms with Crippen molar-refractivity contribution in [3.8, 4) is 0 Å². The molecule has 0 amide bonds. The molecule has 6 rings (SSSR count). The van der Waals surface area contributed by atoms with Gasteiger partial charge in [0.05, 0.1) is 40.0 Å². The van der Waals surface area contributed by atoms with Crippen LogP contribution in [-0.2, 0) is 131 Å². The van der Waals surface area contributed by atoms with Crippen molar-refractivity contribution < 1.29 is 85.1 Å². The molecule has 21 nitrogen and oxygen atoms in total. The van der Waals surface area contributed by atoms with Gasteiger partial charge in [0.25, 0.3) is 0 Å². The van der Waals surface area contributed by atoms with Crippen LogP contribution in [0.4, 0.5) is 0 Å². The van der Waals surface area contributed by atoms with Gasteiger partial charge in [-0.1, -0.05) is 72.8 Å². The smallest absolute Gasteiger partial charge is 0.317 e. The number of ether oxygens (including phenoxy) is 9. The summed E-state index contributed by atoms with van der Waals surface area (Å²) in [6.07, 6.45) is 18.3. The van der Waals surface area contributed by atoms with Crippen LogP contribution >= 0.6 is 0 Å². The average molecular weight is 1200 g/mol. The molecule has 3 heterocycles. The molecule has 6 aromatic rings. The third-order valence-corrected chi connectivity index (χ3v) is 13.0. The van der Waals surface area contributed by atoms with Crippen molar-refractivity contribution in [3.63, 3.8) is 0 Å². The number of carbonyl (C=O) groups excluding carboxylic acids is 6. The zero-order valence-corrected chi connectivity index (χ0v) is 53.3. The standard InChI is InChI=1S/2C21H29N2O5.C20H27N2O5.3CH3/c2*1-5-22-10-11-23(16-22)12-18-6-8-19(9-7-18)13-27-20(25)21(3,14-26-4)15-28-17(2)24;1-16(23)27-14-20(2,13-25-4)19(24)26-12-18-7-5-17(6-8-18)11-22-10-9-21(3)15-22;;;/h2*6-11,16H,5,12-15H2,1-4H3;5-10,15H,11-14H2,1-4H3;3*1H3/q3*+1;3*-1. The second-order valence-corrected chi connectivity index (χ2v) is 21.1. The summed E-state index contributed by atoms with van der Waals surface area (Å²) in [6.45, 7) is 17.8. The highest BCUT2D eigenvalue weighted by Crippen LogP contribution is 2.24. The van der Waals surface area contributed by atoms with E-state index in [0.717, 1.165) is 66.1 Å². The molecule has 0 saturated carbocycles. The van der Waals surface area contributed by atoms with Crippen LogP contribution in [0.3, 0.4) is 0 Å². The number of hydrogen-bond donors (Lipinski definition) is 0. The van der Waals surface area contributed by atoms with Crippen molar-refractivity contribution in [2.45, 2.75) is 108 Å². The number of methoxy groups -OCH3 is 3. The van der Waals surface area contributed by atoms with E-state index < -0.39 is 52.1 Å². The Morgan fingerprint density at radius 1 is 0.407 bits per heavy atom. The normalized spacial score (nSPS) is 12.6. The summed E-state index contributed by atoms with van der Waals surface area (Å²) in [4.78, 5) is 70.6. The van der Waals surface area contributed by atoms with E-state index in [0.29, 0.717) is 0 Å². The van der Waals surface area contributed by atoms with Crippen molar-refractivity contribution in [1.82, 2.24) is 13.7 Å². The lowest BCUT2D eigenvalue weighted by molar-refractivity contribution is -0.688. The molecule has 0 fully saturated rings. The Morgan fingerprint density at radius 3 is 0.953 bits per heavy atom. The highest BCUT2D eigenvalue weighted by molar-refractivity contribution is 5.78. The fraction of sp³-hybridized carbons (Fsp3) is 0.446. The summed E-state index contributed by atoms with van der Waals surface area (Å²) >= 11 is 0. The molecule has 3 atom stereocenters. The van der Waals surface area contributed by atoms with E-state index >= 15 is 0 Å². The van der Waals surface area contributed by atoms with Gasteiger partial charge in [0.2, 0.25) is 19.0 Å². The van der Waals surface area contributed by atoms with Crippen LogP contribution in [0.1, 0.15) is 88.8 Å². The van der Waals surface area contributed by atoms with E-state index in [4.69, 9.17) is 42.6 Å². The summed E-state index contributed by atoms with van der Waals surface area (Å²) in [5.74, 6) is -2.73. The molecule has 86 heavy (non-hydrogen) atoms. The first kappa shape index (κ1) is 76.0. The molecule has 0 bridgehead atoms. The minimum Gasteiger partial charge on any atom is -0.465 e. The number of aromatic nitrogens is 6. The van der Waals surface area contributed by atoms with E-state index in [1.54, 1.807) is 20.8 Å². The number of rotatable bonds is 29. The lowest BCUT2D eigenvalue weighted by Gasteiger charge is -2.25. The van der Waals surface area contributed by atoms with Gasteiger partial charge in [0, 0.05) is 42.1 Å². The predicted octanol–water partition coefficient (Wildman–Crippen LogP) is 7.18. The van der Waals surface area contributed by atoms with Gasteiger partial charge in [-0.15, -0.1) is 0 Å². The van der Waals surface area contributed by atoms with Crippen LogP contribution in [0.5, 0.6) is 0 Å². The summed E-state index contributed by atoms with van der Waals surface area (Å²) in [7, 11) is 6.45. The maximum atomic E-state index is 12.5. The van der Waals surface area contributed by atoms with Crippen molar-refractivity contribution in [1.29, 1.82) is 0 Å². The molecule has 3 aromatic carbocycles. The van der Waals surface area contributed by atoms with Crippen LogP contribution in [0.2, 0.25) is 0 Å². The minimum atomic E-state index is -1.04. The molecule has 3 aromatic heterocycles. The first-order valence-corrected chi connectivity index (χ1v) is 27.3. The fourth-order valence-electron chi connectivity index (χ4n) is 8.08. The van der Waals surface area contributed by atoms with Crippen LogP contribution in [0.15, 0.2) is 129 Å². The van der Waals surface area contributed by atoms with E-state index in [9.17, 15) is 28.8 Å². The Morgan fingerprint density at radius 2 is 0.698 bits per heavy atom. The number of carbonyl (C=O) groups is 6. The highest BCUT2D eigenvalue weighted by atomic mass is 16.6. The van der Waals surface area contributed by atoms with Crippen LogP contribution in [-0.4, -0.2) is 110 Å². The van der Waals surface area contributed by atoms with E-state index in [2.05, 4.69) is 49.3 Å². The number of esters is 6. The van der Waals surface area contributed by atoms with Gasteiger partial charge in [-0.25, -0.2) is 27.4 Å². The zero-order valence-electron chi connectivity index (χ0n) is 53.3. The van der Waals surface area contributed by atoms with Gasteiger partial charge in [0.1, 0.15) is 113 Å². The molecule has 3 unspecified atom stereocenters. The maximum absolute atomic E-state index is 12.5. The van der Waals surface area contributed by atoms with Crippen LogP contribution in [0, 0.1) is 38.5 Å². The topological polar surface area (TPSA) is 212 Å². The first-order chi connectivity index (χ1) is 39.5. The molecular formula is C65H94N6O15. The zero-order chi connectivity index (χ0) is 61.0. The second kappa shape index (κ2) is 38.1. The number of imidazole rings is 3. The van der Waals surface area contributed by atoms with Gasteiger partial charge in [-0.05, 0) is 68.0 Å². The predicted molar refractivity (Wildman–Crippen MR) is 321 cm³/mol. The quantitative estimate of drug-likeness (QED) is 0.0197. The molecule has 0 aliphatic carbocycles. The van der Waals surface area contributed by atoms with Crippen molar-refractivity contribution in [3.05, 3.63) is 185 Å². The Balaban J connectivity index is 0.000000634. The lowest BCUT2D eigenvalue weighted by Crippen LogP contribution is -2.39. The number of aryl methyl sites for hydroxylation is 3. The van der Waals surface area contributed by atoms with Gasteiger partial charge < -0.3 is 64.9 Å². The average Bonchev–Trinajstić information content (AvgIpc) is 4.34. The molecule has 0 N–H and O–H groups in total. The summed E-state index contributed by atoms with van der Waals surface area (Å²) in [5, 5.41) is 0. The largest absolute Gasteiger partial charge is 0.465 e. The molecule has 0 radical (unpaired) electrons. The van der Waals surface area contributed by atoms with Gasteiger partial charge >= 0.3 is 35.8 Å². The molecular weight excluding hydrogens is 1100 g/mol. The summed E-state index contributed by atoms with van der Waals surface area (Å²) in [5.41, 5.74) is 3.02. The third kappa shape index (κ3) is 26.1. The summed E-state index contributed by atoms with van der Waals surface area (Å²) in [6, 6.07) is 23.8. The lowest BCUT2D eigenvalue weighted by atomic mass is 9.93. The Hall–Kier alpha value is -8.01. The second-order valence-electron chi connectivity index (χ2n) is 21.1. The molecule has 474 valence electrons. The molecule has 0 aliphatic rings. The fourth-order valence-corrected chi connectivity index (χ4v) is 8.08. The summed E-state index contributed by atoms with van der Waals surface area (Å²) < 4.78 is 59.1. The van der Waals surface area contributed by atoms with Crippen LogP contribution < -0.4 is 13.7 Å². The van der Waals surface area contributed by atoms with Crippen molar-refractivity contribution in [2.75, 3.05) is 61.0 Å². The Bertz CT molecular complexity index is 2840. The SMILES string of the molecule is CCn1cc[n+](Cc2ccc(COC(=O)C(C)(COC)COC(C)=O)cc2)c1.CCn1cc[n+](Cc2ccc(COC(=O)C(C)(COC)COC(C)=O)cc2)c1.COCC(C)(COC(C)=O)C(=O)OCc1ccc(Cn2cc[n+](C)c2)cc1.[CH3-].[CH3-].[CH3-]. The minimum absolute atomic E-state index is 0. The Kier molecular flexibility index (Phi) is 33.7. The first-order valence-electron chi connectivity index (χ1n) is 27.3. The van der Waals surface area contributed by atoms with E-state index in [1.807, 2.05) is 128 Å². The number of benzene rings is 3. The molecule has 0 aliphatic heterocycles. The van der Waals surface area contributed by atoms with Crippen molar-refractivity contribution >= 4 is 35.8 Å². The molecule has 21 heteroatoms. The van der Waals surface area contributed by atoms with Gasteiger partial charge in [0.15, 0.2) is 0 Å². The van der Waals surface area contributed by atoms with Gasteiger partial charge in [-0.3, -0.25) is 28.8 Å². The molecule has 0 saturated heterocycles. The maximum Gasteiger partial charge on any atom is 0.317 e. The van der Waals surface area contributed by atoms with Gasteiger partial charge in [-0.2, -0.15) is 0 Å². The van der Waals surface area contributed by atoms with E-state index in [1.165, 1.54) is 42.1 Å². The number of nitrogens with zero attached hydrogens (tertiary/aromatic N) is 6. The van der Waals surface area contributed by atoms with E-state index in [-0.39, 0.29) is 81.7 Å². The highest BCUT2D eigenvalue weighted by Gasteiger charge is 2.39. The molecule has 0 spiro atoms. The Labute approximate surface area is 509 Å². The number of hydrogen-bond acceptors (Lipinski definition) is 15. The third-order valence-electron chi connectivity index (χ3n) is 13.0.